The van der Waals surface area contributed by atoms with Gasteiger partial charge in [-0.3, -0.25) is 4.99 Å². The summed E-state index contributed by atoms with van der Waals surface area (Å²) < 4.78 is 10.7. The van der Waals surface area contributed by atoms with E-state index in [0.29, 0.717) is 12.3 Å². The number of hydrogen-bond donors (Lipinski definition) is 3. The molecule has 2 rings (SSSR count). The van der Waals surface area contributed by atoms with E-state index >= 15 is 0 Å². The van der Waals surface area contributed by atoms with E-state index in [1.165, 1.54) is 0 Å². The molecule has 1 atom stereocenters. The number of rotatable bonds is 7. The number of guanidine groups is 1. The minimum absolute atomic E-state index is 0.163. The highest BCUT2D eigenvalue weighted by Crippen LogP contribution is 2.26. The van der Waals surface area contributed by atoms with Gasteiger partial charge in [-0.1, -0.05) is 6.07 Å². The molecule has 0 saturated carbocycles. The zero-order valence-electron chi connectivity index (χ0n) is 14.0. The Morgan fingerprint density at radius 2 is 2.30 bits per heavy atom. The summed E-state index contributed by atoms with van der Waals surface area (Å²) in [5.41, 5.74) is 1.10. The zero-order valence-corrected chi connectivity index (χ0v) is 14.0. The van der Waals surface area contributed by atoms with Crippen molar-refractivity contribution in [3.63, 3.8) is 0 Å². The maximum absolute atomic E-state index is 9.61. The van der Waals surface area contributed by atoms with E-state index in [4.69, 9.17) is 9.47 Å². The van der Waals surface area contributed by atoms with Crippen molar-refractivity contribution in [2.45, 2.75) is 32.3 Å². The molecule has 3 N–H and O–H groups in total. The summed E-state index contributed by atoms with van der Waals surface area (Å²) >= 11 is 0. The lowest BCUT2D eigenvalue weighted by molar-refractivity contribution is 0.117. The van der Waals surface area contributed by atoms with Gasteiger partial charge in [-0.2, -0.15) is 0 Å². The molecule has 0 spiro atoms. The quantitative estimate of drug-likeness (QED) is 0.526. The smallest absolute Gasteiger partial charge is 0.191 e. The van der Waals surface area contributed by atoms with Crippen LogP contribution in [0.1, 0.15) is 25.3 Å². The minimum atomic E-state index is 0.163. The van der Waals surface area contributed by atoms with Gasteiger partial charge in [0.15, 0.2) is 17.5 Å². The maximum atomic E-state index is 9.61. The summed E-state index contributed by atoms with van der Waals surface area (Å²) in [4.78, 5) is 4.58. The SMILES string of the molecule is CCNC(=NCC1CCCO1)NCCc1ccc(O)c(OC)c1. The van der Waals surface area contributed by atoms with Gasteiger partial charge in [0, 0.05) is 19.7 Å². The van der Waals surface area contributed by atoms with Crippen LogP contribution in [-0.2, 0) is 11.2 Å². The summed E-state index contributed by atoms with van der Waals surface area (Å²) in [6.45, 7) is 5.18. The minimum Gasteiger partial charge on any atom is -0.504 e. The second-order valence-corrected chi connectivity index (χ2v) is 5.54. The lowest BCUT2D eigenvalue weighted by atomic mass is 10.1. The third-order valence-corrected chi connectivity index (χ3v) is 3.77. The van der Waals surface area contributed by atoms with Crippen LogP contribution in [0.4, 0.5) is 0 Å². The predicted molar refractivity (Wildman–Crippen MR) is 91.3 cm³/mol. The van der Waals surface area contributed by atoms with Gasteiger partial charge >= 0.3 is 0 Å². The molecule has 0 aromatic heterocycles. The van der Waals surface area contributed by atoms with E-state index in [1.54, 1.807) is 13.2 Å². The van der Waals surface area contributed by atoms with Gasteiger partial charge in [0.25, 0.3) is 0 Å². The van der Waals surface area contributed by atoms with Crippen molar-refractivity contribution in [1.82, 2.24) is 10.6 Å². The molecule has 1 aromatic carbocycles. The Bertz CT molecular complexity index is 514. The fourth-order valence-electron chi connectivity index (χ4n) is 2.53. The van der Waals surface area contributed by atoms with E-state index in [0.717, 1.165) is 50.5 Å². The highest BCUT2D eigenvalue weighted by Gasteiger charge is 2.14. The molecule has 23 heavy (non-hydrogen) atoms. The first-order valence-corrected chi connectivity index (χ1v) is 8.22. The van der Waals surface area contributed by atoms with Gasteiger partial charge in [-0.05, 0) is 43.9 Å². The number of phenols is 1. The van der Waals surface area contributed by atoms with E-state index in [2.05, 4.69) is 15.6 Å². The molecule has 6 heteroatoms. The number of hydrogen-bond acceptors (Lipinski definition) is 4. The fraction of sp³-hybridized carbons (Fsp3) is 0.588. The summed E-state index contributed by atoms with van der Waals surface area (Å²) in [7, 11) is 1.55. The molecular weight excluding hydrogens is 294 g/mol. The van der Waals surface area contributed by atoms with Crippen molar-refractivity contribution in [3.8, 4) is 11.5 Å². The van der Waals surface area contributed by atoms with Gasteiger partial charge in [-0.25, -0.2) is 0 Å². The van der Waals surface area contributed by atoms with Crippen molar-refractivity contribution in [2.75, 3.05) is 33.4 Å². The number of nitrogens with one attached hydrogen (secondary N) is 2. The van der Waals surface area contributed by atoms with Crippen LogP contribution < -0.4 is 15.4 Å². The molecule has 1 heterocycles. The van der Waals surface area contributed by atoms with Crippen LogP contribution >= 0.6 is 0 Å². The molecule has 1 aliphatic heterocycles. The van der Waals surface area contributed by atoms with E-state index in [1.807, 2.05) is 19.1 Å². The molecule has 1 unspecified atom stereocenters. The largest absolute Gasteiger partial charge is 0.504 e. The van der Waals surface area contributed by atoms with Crippen LogP contribution in [0.3, 0.4) is 0 Å². The van der Waals surface area contributed by atoms with Crippen LogP contribution in [-0.4, -0.2) is 50.5 Å². The molecule has 1 aliphatic rings. The van der Waals surface area contributed by atoms with Crippen LogP contribution in [0.5, 0.6) is 11.5 Å². The standard InChI is InChI=1S/C17H27N3O3/c1-3-18-17(20-12-14-5-4-10-23-14)19-9-8-13-6-7-15(21)16(11-13)22-2/h6-7,11,14,21H,3-5,8-10,12H2,1-2H3,(H2,18,19,20). The van der Waals surface area contributed by atoms with Crippen molar-refractivity contribution >= 4 is 5.96 Å². The summed E-state index contributed by atoms with van der Waals surface area (Å²) in [5.74, 6) is 1.48. The molecule has 1 saturated heterocycles. The normalized spacial score (nSPS) is 18.0. The van der Waals surface area contributed by atoms with Crippen LogP contribution in [0.15, 0.2) is 23.2 Å². The topological polar surface area (TPSA) is 75.1 Å². The average Bonchev–Trinajstić information content (AvgIpc) is 3.07. The Morgan fingerprint density at radius 3 is 3.00 bits per heavy atom. The molecule has 0 amide bonds. The molecule has 128 valence electrons. The second-order valence-electron chi connectivity index (χ2n) is 5.54. The molecule has 1 aromatic rings. The summed E-state index contributed by atoms with van der Waals surface area (Å²) in [6, 6.07) is 5.41. The Hall–Kier alpha value is -1.95. The number of methoxy groups -OCH3 is 1. The van der Waals surface area contributed by atoms with Crippen molar-refractivity contribution in [1.29, 1.82) is 0 Å². The molecule has 0 aliphatic carbocycles. The van der Waals surface area contributed by atoms with Gasteiger partial charge < -0.3 is 25.2 Å². The van der Waals surface area contributed by atoms with Crippen LogP contribution in [0, 0.1) is 0 Å². The van der Waals surface area contributed by atoms with Gasteiger partial charge in [0.2, 0.25) is 0 Å². The van der Waals surface area contributed by atoms with E-state index in [9.17, 15) is 5.11 Å². The summed E-state index contributed by atoms with van der Waals surface area (Å²) in [6.07, 6.45) is 3.30. The van der Waals surface area contributed by atoms with Crippen molar-refractivity contribution < 1.29 is 14.6 Å². The van der Waals surface area contributed by atoms with Gasteiger partial charge in [-0.15, -0.1) is 0 Å². The number of aromatic hydroxyl groups is 1. The third kappa shape index (κ3) is 5.63. The predicted octanol–water partition coefficient (Wildman–Crippen LogP) is 1.68. The Labute approximate surface area is 137 Å². The van der Waals surface area contributed by atoms with Crippen molar-refractivity contribution in [2.24, 2.45) is 4.99 Å². The lowest BCUT2D eigenvalue weighted by Crippen LogP contribution is -2.38. The van der Waals surface area contributed by atoms with E-state index < -0.39 is 0 Å². The van der Waals surface area contributed by atoms with Gasteiger partial charge in [0.1, 0.15) is 0 Å². The number of benzene rings is 1. The lowest BCUT2D eigenvalue weighted by Gasteiger charge is -2.13. The number of aliphatic imine (C=N–C) groups is 1. The van der Waals surface area contributed by atoms with Crippen molar-refractivity contribution in [3.05, 3.63) is 23.8 Å². The maximum Gasteiger partial charge on any atom is 0.191 e. The fourth-order valence-corrected chi connectivity index (χ4v) is 2.53. The van der Waals surface area contributed by atoms with Crippen LogP contribution in [0.25, 0.3) is 0 Å². The first-order valence-electron chi connectivity index (χ1n) is 8.22. The zero-order chi connectivity index (χ0) is 16.5. The highest BCUT2D eigenvalue weighted by molar-refractivity contribution is 5.79. The molecule has 0 bridgehead atoms. The molecular formula is C17H27N3O3. The first-order chi connectivity index (χ1) is 11.2. The molecule has 0 radical (unpaired) electrons. The Kier molecular flexibility index (Phi) is 7.00. The second kappa shape index (κ2) is 9.25. The first kappa shape index (κ1) is 17.4. The Morgan fingerprint density at radius 1 is 1.43 bits per heavy atom. The van der Waals surface area contributed by atoms with Crippen LogP contribution in [0.2, 0.25) is 0 Å². The number of phenolic OH excluding ortho intramolecular Hbond substituents is 1. The Balaban J connectivity index is 1.82. The molecule has 1 fully saturated rings. The van der Waals surface area contributed by atoms with E-state index in [-0.39, 0.29) is 11.9 Å². The number of nitrogens with zero attached hydrogens (tertiary/aromatic N) is 1. The highest BCUT2D eigenvalue weighted by atomic mass is 16.5. The monoisotopic (exact) mass is 321 g/mol. The van der Waals surface area contributed by atoms with Gasteiger partial charge in [0.05, 0.1) is 19.8 Å². The molecule has 6 nitrogen and oxygen atoms in total. The number of ether oxygens (including phenoxy) is 2. The average molecular weight is 321 g/mol. The summed E-state index contributed by atoms with van der Waals surface area (Å²) in [5, 5.41) is 16.2. The third-order valence-electron chi connectivity index (χ3n) is 3.77.